The number of para-hydroxylation sites is 1. The van der Waals surface area contributed by atoms with Gasteiger partial charge in [0.2, 0.25) is 5.89 Å². The number of nitrogens with zero attached hydrogens (tertiary/aromatic N) is 2. The largest absolute Gasteiger partial charge is 0.340 e. The minimum atomic E-state index is -0.314. The number of hydrogen-bond acceptors (Lipinski definition) is 4. The van der Waals surface area contributed by atoms with Crippen molar-refractivity contribution >= 4 is 11.7 Å². The van der Waals surface area contributed by atoms with Gasteiger partial charge in [-0.3, -0.25) is 0 Å². The molecule has 2 rings (SSSR count). The number of amides is 2. The van der Waals surface area contributed by atoms with Crippen LogP contribution in [0.4, 0.5) is 10.5 Å². The van der Waals surface area contributed by atoms with E-state index in [0.29, 0.717) is 11.7 Å². The van der Waals surface area contributed by atoms with E-state index in [1.807, 2.05) is 30.3 Å². The van der Waals surface area contributed by atoms with Crippen LogP contribution in [-0.2, 0) is 0 Å². The van der Waals surface area contributed by atoms with Gasteiger partial charge in [0.15, 0.2) is 5.82 Å². The number of aromatic nitrogens is 2. The second-order valence-corrected chi connectivity index (χ2v) is 3.86. The predicted molar refractivity (Wildman–Crippen MR) is 66.0 cm³/mol. The van der Waals surface area contributed by atoms with Crippen molar-refractivity contribution in [3.8, 4) is 0 Å². The second kappa shape index (κ2) is 5.31. The van der Waals surface area contributed by atoms with Crippen molar-refractivity contribution in [2.24, 2.45) is 0 Å². The molecule has 1 atom stereocenters. The van der Waals surface area contributed by atoms with E-state index in [2.05, 4.69) is 20.8 Å². The summed E-state index contributed by atoms with van der Waals surface area (Å²) in [6, 6.07) is 8.57. The molecule has 2 N–H and O–H groups in total. The minimum absolute atomic E-state index is 0.309. The highest BCUT2D eigenvalue weighted by Crippen LogP contribution is 2.09. The summed E-state index contributed by atoms with van der Waals surface area (Å²) in [6.45, 7) is 3.49. The maximum absolute atomic E-state index is 11.7. The van der Waals surface area contributed by atoms with Gasteiger partial charge in [-0.25, -0.2) is 4.79 Å². The van der Waals surface area contributed by atoms with Gasteiger partial charge in [-0.15, -0.1) is 0 Å². The number of anilines is 1. The predicted octanol–water partition coefficient (Wildman–Crippen LogP) is 2.26. The van der Waals surface area contributed by atoms with Crippen LogP contribution in [0, 0.1) is 6.92 Å². The summed E-state index contributed by atoms with van der Waals surface area (Å²) in [5.41, 5.74) is 0.728. The minimum Gasteiger partial charge on any atom is -0.340 e. The van der Waals surface area contributed by atoms with Crippen LogP contribution in [-0.4, -0.2) is 16.2 Å². The molecule has 6 nitrogen and oxygen atoms in total. The summed E-state index contributed by atoms with van der Waals surface area (Å²) in [7, 11) is 0. The highest BCUT2D eigenvalue weighted by atomic mass is 16.5. The van der Waals surface area contributed by atoms with Crippen molar-refractivity contribution in [3.05, 3.63) is 42.0 Å². The van der Waals surface area contributed by atoms with Gasteiger partial charge in [-0.05, 0) is 19.1 Å². The van der Waals surface area contributed by atoms with Crippen LogP contribution < -0.4 is 10.6 Å². The zero-order valence-corrected chi connectivity index (χ0v) is 10.2. The lowest BCUT2D eigenvalue weighted by Crippen LogP contribution is -2.31. The summed E-state index contributed by atoms with van der Waals surface area (Å²) < 4.78 is 4.85. The summed E-state index contributed by atoms with van der Waals surface area (Å²) >= 11 is 0. The molecule has 2 amide bonds. The first kappa shape index (κ1) is 12.1. The van der Waals surface area contributed by atoms with E-state index in [1.165, 1.54) is 0 Å². The molecule has 0 aliphatic carbocycles. The molecular formula is C12H14N4O2. The van der Waals surface area contributed by atoms with Crippen molar-refractivity contribution in [1.29, 1.82) is 0 Å². The van der Waals surface area contributed by atoms with Gasteiger partial charge < -0.3 is 15.2 Å². The van der Waals surface area contributed by atoms with Gasteiger partial charge in [0.1, 0.15) is 0 Å². The molecule has 0 bridgehead atoms. The van der Waals surface area contributed by atoms with Gasteiger partial charge in [-0.1, -0.05) is 23.4 Å². The molecule has 0 radical (unpaired) electrons. The molecule has 0 fully saturated rings. The number of benzene rings is 1. The quantitative estimate of drug-likeness (QED) is 0.870. The first-order valence-corrected chi connectivity index (χ1v) is 5.58. The Balaban J connectivity index is 1.92. The molecule has 1 aromatic heterocycles. The third-order valence-corrected chi connectivity index (χ3v) is 2.31. The Morgan fingerprint density at radius 3 is 2.67 bits per heavy atom. The highest BCUT2D eigenvalue weighted by Gasteiger charge is 2.14. The molecular weight excluding hydrogens is 232 g/mol. The maximum Gasteiger partial charge on any atom is 0.319 e. The number of hydrogen-bond donors (Lipinski definition) is 2. The first-order valence-electron chi connectivity index (χ1n) is 5.58. The van der Waals surface area contributed by atoms with Gasteiger partial charge in [0.25, 0.3) is 0 Å². The van der Waals surface area contributed by atoms with Crippen molar-refractivity contribution in [1.82, 2.24) is 15.5 Å². The fraction of sp³-hybridized carbons (Fsp3) is 0.250. The van der Waals surface area contributed by atoms with Crippen LogP contribution in [0.5, 0.6) is 0 Å². The standard InChI is InChI=1S/C12H14N4O2/c1-8(11-14-9(2)18-16-11)13-12(17)15-10-6-4-3-5-7-10/h3-8H,1-2H3,(H2,13,15,17)/t8-/m0/s1. The molecule has 1 aromatic carbocycles. The average molecular weight is 246 g/mol. The van der Waals surface area contributed by atoms with Crippen LogP contribution in [0.1, 0.15) is 24.7 Å². The third-order valence-electron chi connectivity index (χ3n) is 2.31. The van der Waals surface area contributed by atoms with Crippen molar-refractivity contribution in [2.75, 3.05) is 5.32 Å². The lowest BCUT2D eigenvalue weighted by atomic mass is 10.3. The van der Waals surface area contributed by atoms with E-state index >= 15 is 0 Å². The normalized spacial score (nSPS) is 11.9. The molecule has 0 saturated heterocycles. The van der Waals surface area contributed by atoms with Gasteiger partial charge in [-0.2, -0.15) is 4.98 Å². The Hall–Kier alpha value is -2.37. The Labute approximate surface area is 104 Å². The zero-order chi connectivity index (χ0) is 13.0. The lowest BCUT2D eigenvalue weighted by Gasteiger charge is -2.11. The highest BCUT2D eigenvalue weighted by molar-refractivity contribution is 5.89. The topological polar surface area (TPSA) is 80.0 Å². The van der Waals surface area contributed by atoms with Crippen LogP contribution in [0.25, 0.3) is 0 Å². The van der Waals surface area contributed by atoms with E-state index in [1.54, 1.807) is 13.8 Å². The fourth-order valence-corrected chi connectivity index (χ4v) is 1.44. The van der Waals surface area contributed by atoms with E-state index < -0.39 is 0 Å². The first-order chi connectivity index (χ1) is 8.65. The molecule has 0 aliphatic heterocycles. The molecule has 94 valence electrons. The molecule has 2 aromatic rings. The summed E-state index contributed by atoms with van der Waals surface area (Å²) in [6.07, 6.45) is 0. The molecule has 0 unspecified atom stereocenters. The molecule has 0 saturated carbocycles. The Kier molecular flexibility index (Phi) is 3.57. The molecule has 0 aliphatic rings. The van der Waals surface area contributed by atoms with E-state index in [-0.39, 0.29) is 12.1 Å². The van der Waals surface area contributed by atoms with Crippen molar-refractivity contribution in [2.45, 2.75) is 19.9 Å². The molecule has 18 heavy (non-hydrogen) atoms. The number of nitrogens with one attached hydrogen (secondary N) is 2. The van der Waals surface area contributed by atoms with Crippen LogP contribution >= 0.6 is 0 Å². The van der Waals surface area contributed by atoms with Crippen molar-refractivity contribution in [3.63, 3.8) is 0 Å². The Bertz CT molecular complexity index is 524. The number of carbonyl (C=O) groups excluding carboxylic acids is 1. The summed E-state index contributed by atoms with van der Waals surface area (Å²) in [5, 5.41) is 9.18. The van der Waals surface area contributed by atoms with E-state index in [9.17, 15) is 4.79 Å². The molecule has 0 spiro atoms. The number of urea groups is 1. The molecule has 1 heterocycles. The van der Waals surface area contributed by atoms with E-state index in [4.69, 9.17) is 4.52 Å². The van der Waals surface area contributed by atoms with E-state index in [0.717, 1.165) is 5.69 Å². The van der Waals surface area contributed by atoms with Crippen LogP contribution in [0.2, 0.25) is 0 Å². The second-order valence-electron chi connectivity index (χ2n) is 3.86. The SMILES string of the molecule is Cc1nc([C@H](C)NC(=O)Nc2ccccc2)no1. The monoisotopic (exact) mass is 246 g/mol. The number of rotatable bonds is 3. The zero-order valence-electron chi connectivity index (χ0n) is 10.2. The smallest absolute Gasteiger partial charge is 0.319 e. The van der Waals surface area contributed by atoms with Crippen LogP contribution in [0.15, 0.2) is 34.9 Å². The number of carbonyl (C=O) groups is 1. The van der Waals surface area contributed by atoms with Crippen molar-refractivity contribution < 1.29 is 9.32 Å². The Morgan fingerprint density at radius 2 is 2.06 bits per heavy atom. The average Bonchev–Trinajstić information content (AvgIpc) is 2.77. The lowest BCUT2D eigenvalue weighted by molar-refractivity contribution is 0.248. The fourth-order valence-electron chi connectivity index (χ4n) is 1.44. The third kappa shape index (κ3) is 3.07. The summed E-state index contributed by atoms with van der Waals surface area (Å²) in [4.78, 5) is 15.7. The summed E-state index contributed by atoms with van der Waals surface area (Å²) in [5.74, 6) is 0.929. The Morgan fingerprint density at radius 1 is 1.33 bits per heavy atom. The van der Waals surface area contributed by atoms with Gasteiger partial charge >= 0.3 is 6.03 Å². The van der Waals surface area contributed by atoms with Gasteiger partial charge in [0, 0.05) is 12.6 Å². The van der Waals surface area contributed by atoms with Crippen LogP contribution in [0.3, 0.4) is 0 Å². The maximum atomic E-state index is 11.7. The number of aryl methyl sites for hydroxylation is 1. The molecule has 6 heteroatoms. The van der Waals surface area contributed by atoms with Gasteiger partial charge in [0.05, 0.1) is 6.04 Å².